The summed E-state index contributed by atoms with van der Waals surface area (Å²) in [7, 11) is 0. The van der Waals surface area contributed by atoms with Crippen molar-refractivity contribution in [2.24, 2.45) is 34.5 Å². The Bertz CT molecular complexity index is 1580. The van der Waals surface area contributed by atoms with Gasteiger partial charge in [0.05, 0.1) is 11.5 Å². The summed E-state index contributed by atoms with van der Waals surface area (Å²) in [4.78, 5) is 69.1. The normalized spacial score (nSPS) is 32.6. The van der Waals surface area contributed by atoms with Crippen LogP contribution in [0, 0.1) is 41.4 Å². The summed E-state index contributed by atoms with van der Waals surface area (Å²) in [5, 5.41) is 23.8. The lowest BCUT2D eigenvalue weighted by Crippen LogP contribution is -2.76. The monoisotopic (exact) mass is 572 g/mol. The number of carbonyl (C=O) groups excluding carboxylic acids is 5. The number of phenols is 1. The Morgan fingerprint density at radius 1 is 1.00 bits per heavy atom. The second kappa shape index (κ2) is 9.53. The van der Waals surface area contributed by atoms with Crippen LogP contribution >= 0.6 is 0 Å². The number of fused-ring (bicyclic) bond motifs is 3. The molecule has 0 saturated heterocycles. The van der Waals surface area contributed by atoms with E-state index in [2.05, 4.69) is 0 Å². The Balaban J connectivity index is 1.77. The maximum Gasteiger partial charge on any atom is 0.190 e. The van der Waals surface area contributed by atoms with E-state index in [1.54, 1.807) is 27.7 Å². The van der Waals surface area contributed by atoms with E-state index in [4.69, 9.17) is 0 Å². The van der Waals surface area contributed by atoms with Crippen molar-refractivity contribution in [1.29, 1.82) is 0 Å². The topological polar surface area (TPSA) is 126 Å². The van der Waals surface area contributed by atoms with Gasteiger partial charge in [0.25, 0.3) is 0 Å². The third-order valence-electron chi connectivity index (χ3n) is 10.4. The van der Waals surface area contributed by atoms with E-state index in [1.165, 1.54) is 0 Å². The van der Waals surface area contributed by atoms with Crippen LogP contribution in [0.25, 0.3) is 11.1 Å². The van der Waals surface area contributed by atoms with Gasteiger partial charge in [0.1, 0.15) is 17.5 Å². The van der Waals surface area contributed by atoms with E-state index in [9.17, 15) is 34.2 Å². The summed E-state index contributed by atoms with van der Waals surface area (Å²) in [6.45, 7) is 14.0. The molecule has 42 heavy (non-hydrogen) atoms. The van der Waals surface area contributed by atoms with Crippen LogP contribution in [0.4, 0.5) is 0 Å². The molecule has 0 radical (unpaired) electrons. The molecule has 7 heteroatoms. The Morgan fingerprint density at radius 2 is 1.64 bits per heavy atom. The van der Waals surface area contributed by atoms with Crippen LogP contribution in [0.5, 0.6) is 5.75 Å². The van der Waals surface area contributed by atoms with Crippen molar-refractivity contribution >= 4 is 28.9 Å². The number of carbonyl (C=O) groups is 5. The predicted octanol–water partition coefficient (Wildman–Crippen LogP) is 5.19. The van der Waals surface area contributed by atoms with Crippen LogP contribution in [-0.2, 0) is 25.6 Å². The van der Waals surface area contributed by atoms with Crippen molar-refractivity contribution < 1.29 is 34.2 Å². The molecular weight excluding hydrogens is 532 g/mol. The average molecular weight is 573 g/mol. The lowest BCUT2D eigenvalue weighted by atomic mass is 9.39. The van der Waals surface area contributed by atoms with E-state index >= 15 is 0 Å². The molecule has 2 fully saturated rings. The zero-order valence-corrected chi connectivity index (χ0v) is 25.6. The van der Waals surface area contributed by atoms with Crippen LogP contribution in [-0.4, -0.2) is 44.7 Å². The maximum atomic E-state index is 14.5. The summed E-state index contributed by atoms with van der Waals surface area (Å²) in [6, 6.07) is 9.47. The van der Waals surface area contributed by atoms with Gasteiger partial charge in [-0.05, 0) is 66.7 Å². The van der Waals surface area contributed by atoms with Gasteiger partial charge in [-0.15, -0.1) is 0 Å². The fraction of sp³-hybridized carbons (Fsp3) is 0.514. The quantitative estimate of drug-likeness (QED) is 0.483. The SMILES string of the molecule is CC(=O)C1C(=O)C(C(C)C)[C@@]2(C)C[C@@]3(C)Cc4c(C(C)C)cc(-c5cccc(C)c5)c(O)c4C(=O)C3C(=O)[C@@]2(O)C1=O. The third kappa shape index (κ3) is 3.78. The van der Waals surface area contributed by atoms with Crippen LogP contribution in [0.1, 0.15) is 87.9 Å². The molecule has 0 amide bonds. The van der Waals surface area contributed by atoms with Gasteiger partial charge in [0, 0.05) is 16.9 Å². The van der Waals surface area contributed by atoms with E-state index in [1.807, 2.05) is 51.1 Å². The first-order valence-electron chi connectivity index (χ1n) is 14.8. The van der Waals surface area contributed by atoms with Crippen molar-refractivity contribution in [3.05, 3.63) is 52.6 Å². The van der Waals surface area contributed by atoms with Crippen LogP contribution in [0.3, 0.4) is 0 Å². The van der Waals surface area contributed by atoms with Crippen LogP contribution in [0.15, 0.2) is 30.3 Å². The number of aryl methyl sites for hydroxylation is 1. The fourth-order valence-electron chi connectivity index (χ4n) is 8.78. The summed E-state index contributed by atoms with van der Waals surface area (Å²) in [6.07, 6.45) is 0.287. The molecule has 0 aromatic heterocycles. The zero-order chi connectivity index (χ0) is 31.3. The van der Waals surface area contributed by atoms with Gasteiger partial charge in [-0.3, -0.25) is 24.0 Å². The molecule has 0 spiro atoms. The number of hydrogen-bond acceptors (Lipinski definition) is 7. The molecule has 222 valence electrons. The van der Waals surface area contributed by atoms with Gasteiger partial charge in [-0.25, -0.2) is 0 Å². The second-order valence-electron chi connectivity index (χ2n) is 14.1. The summed E-state index contributed by atoms with van der Waals surface area (Å²) in [5.74, 6) is -8.82. The number of aromatic hydroxyl groups is 1. The lowest BCUT2D eigenvalue weighted by Gasteiger charge is -2.62. The van der Waals surface area contributed by atoms with Crippen molar-refractivity contribution in [1.82, 2.24) is 0 Å². The molecule has 5 rings (SSSR count). The molecule has 7 nitrogen and oxygen atoms in total. The Hall–Kier alpha value is -3.45. The Labute approximate surface area is 246 Å². The summed E-state index contributed by atoms with van der Waals surface area (Å²) >= 11 is 0. The zero-order valence-electron chi connectivity index (χ0n) is 25.6. The molecule has 2 aromatic carbocycles. The number of benzene rings is 2. The highest BCUT2D eigenvalue weighted by Gasteiger charge is 2.76. The van der Waals surface area contributed by atoms with E-state index in [-0.39, 0.29) is 36.0 Å². The van der Waals surface area contributed by atoms with E-state index < -0.39 is 63.1 Å². The summed E-state index contributed by atoms with van der Waals surface area (Å²) < 4.78 is 0. The molecule has 0 bridgehead atoms. The molecule has 3 unspecified atom stereocenters. The molecule has 3 aliphatic carbocycles. The first-order chi connectivity index (χ1) is 19.4. The van der Waals surface area contributed by atoms with Gasteiger partial charge in [0.2, 0.25) is 0 Å². The van der Waals surface area contributed by atoms with Gasteiger partial charge in [0.15, 0.2) is 28.7 Å². The molecule has 6 atom stereocenters. The third-order valence-corrected chi connectivity index (χ3v) is 10.4. The number of rotatable bonds is 4. The van der Waals surface area contributed by atoms with Crippen molar-refractivity contribution in [2.75, 3.05) is 0 Å². The van der Waals surface area contributed by atoms with Gasteiger partial charge >= 0.3 is 0 Å². The van der Waals surface area contributed by atoms with Gasteiger partial charge < -0.3 is 10.2 Å². The van der Waals surface area contributed by atoms with Crippen molar-refractivity contribution in [3.8, 4) is 16.9 Å². The molecule has 2 saturated carbocycles. The molecule has 2 N–H and O–H groups in total. The highest BCUT2D eigenvalue weighted by atomic mass is 16.3. The fourth-order valence-corrected chi connectivity index (χ4v) is 8.78. The maximum absolute atomic E-state index is 14.5. The number of ketones is 5. The van der Waals surface area contributed by atoms with Gasteiger partial charge in [-0.1, -0.05) is 71.4 Å². The minimum absolute atomic E-state index is 0.0137. The Kier molecular flexibility index (Phi) is 6.81. The predicted molar refractivity (Wildman–Crippen MR) is 157 cm³/mol. The van der Waals surface area contributed by atoms with E-state index in [0.717, 1.165) is 23.6 Å². The molecule has 0 aliphatic heterocycles. The highest BCUT2D eigenvalue weighted by Crippen LogP contribution is 2.64. The largest absolute Gasteiger partial charge is 0.507 e. The average Bonchev–Trinajstić information content (AvgIpc) is 2.85. The minimum atomic E-state index is -2.70. The smallest absolute Gasteiger partial charge is 0.190 e. The minimum Gasteiger partial charge on any atom is -0.507 e. The summed E-state index contributed by atoms with van der Waals surface area (Å²) in [5.41, 5.74) is -1.52. The number of aliphatic hydroxyl groups is 1. The number of phenolic OH excluding ortho intramolecular Hbond substituents is 1. The van der Waals surface area contributed by atoms with Crippen molar-refractivity contribution in [3.63, 3.8) is 0 Å². The number of Topliss-reactive ketones (excluding diaryl/α,β-unsaturated/α-hetero) is 5. The first kappa shape index (κ1) is 30.0. The van der Waals surface area contributed by atoms with E-state index in [0.29, 0.717) is 11.1 Å². The van der Waals surface area contributed by atoms with Gasteiger partial charge in [-0.2, -0.15) is 0 Å². The molecule has 0 heterocycles. The molecule has 3 aliphatic rings. The standard InChI is InChI=1S/C35H40O7/c1-16(2)21-13-22(20-11-9-10-18(5)12-20)28(37)25-23(21)14-33(7)15-34(8)26(17(3)4)29(38)24(19(6)36)31(40)35(34,42)32(41)27(33)30(25)39/h9-13,16-17,24,26-27,37,42H,14-15H2,1-8H3/t24?,26?,27?,33-,34-,35+/m1/s1. The number of hydrogen-bond donors (Lipinski definition) is 2. The van der Waals surface area contributed by atoms with Crippen LogP contribution < -0.4 is 0 Å². The molecule has 2 aromatic rings. The van der Waals surface area contributed by atoms with Crippen molar-refractivity contribution in [2.45, 2.75) is 79.8 Å². The second-order valence-corrected chi connectivity index (χ2v) is 14.1. The molecular formula is C35H40O7. The lowest BCUT2D eigenvalue weighted by molar-refractivity contribution is -0.205. The highest BCUT2D eigenvalue weighted by molar-refractivity contribution is 6.32. The first-order valence-corrected chi connectivity index (χ1v) is 14.8. The van der Waals surface area contributed by atoms with Crippen LogP contribution in [0.2, 0.25) is 0 Å². The Morgan fingerprint density at radius 3 is 2.19 bits per heavy atom.